The normalized spacial score (nSPS) is 17.9. The van der Waals surface area contributed by atoms with E-state index in [1.807, 2.05) is 60.4 Å². The lowest BCUT2D eigenvalue weighted by Gasteiger charge is -2.29. The van der Waals surface area contributed by atoms with Gasteiger partial charge in [-0.3, -0.25) is 4.98 Å². The summed E-state index contributed by atoms with van der Waals surface area (Å²) in [7, 11) is 0. The molecule has 3 aromatic rings. The van der Waals surface area contributed by atoms with Crippen LogP contribution in [0.2, 0.25) is 5.02 Å². The van der Waals surface area contributed by atoms with E-state index in [4.69, 9.17) is 16.3 Å². The Hall–Kier alpha value is -3.39. The van der Waals surface area contributed by atoms with E-state index >= 15 is 0 Å². The van der Waals surface area contributed by atoms with Crippen molar-refractivity contribution in [3.8, 4) is 5.75 Å². The van der Waals surface area contributed by atoms with Crippen LogP contribution in [0.15, 0.2) is 66.9 Å². The maximum atomic E-state index is 13.0. The molecule has 0 saturated carbocycles. The maximum Gasteiger partial charge on any atom is 0.317 e. The molecule has 1 saturated heterocycles. The molecule has 8 heteroatoms. The zero-order chi connectivity index (χ0) is 29.0. The molecule has 2 N–H and O–H groups in total. The first-order valence-electron chi connectivity index (χ1n) is 14.4. The molecule has 1 aromatic heterocycles. The van der Waals surface area contributed by atoms with Gasteiger partial charge in [0.05, 0.1) is 11.3 Å². The highest BCUT2D eigenvalue weighted by Crippen LogP contribution is 2.38. The molecule has 2 aliphatic rings. The molecule has 5 rings (SSSR count). The van der Waals surface area contributed by atoms with Gasteiger partial charge in [-0.2, -0.15) is 0 Å². The van der Waals surface area contributed by atoms with E-state index in [0.717, 1.165) is 71.7 Å². The minimum absolute atomic E-state index is 0.0294. The molecular formula is C33H39ClN4O3. The fourth-order valence-electron chi connectivity index (χ4n) is 5.62. The second-order valence-corrected chi connectivity index (χ2v) is 11.7. The minimum atomic E-state index is -0.962. The number of pyridine rings is 1. The van der Waals surface area contributed by atoms with Crippen molar-refractivity contribution in [2.75, 3.05) is 26.2 Å². The lowest BCUT2D eigenvalue weighted by Crippen LogP contribution is -2.46. The average molecular weight is 575 g/mol. The van der Waals surface area contributed by atoms with E-state index in [2.05, 4.69) is 27.3 Å². The third-order valence-electron chi connectivity index (χ3n) is 7.86. The number of rotatable bonds is 8. The second-order valence-electron chi connectivity index (χ2n) is 11.3. The zero-order valence-corrected chi connectivity index (χ0v) is 24.8. The highest BCUT2D eigenvalue weighted by atomic mass is 35.5. The van der Waals surface area contributed by atoms with Gasteiger partial charge in [0.1, 0.15) is 12.4 Å². The largest absolute Gasteiger partial charge is 0.487 e. The summed E-state index contributed by atoms with van der Waals surface area (Å²) < 4.78 is 6.14. The van der Waals surface area contributed by atoms with Crippen LogP contribution in [0.25, 0.3) is 5.57 Å². The monoisotopic (exact) mass is 574 g/mol. The molecule has 0 bridgehead atoms. The molecule has 1 atom stereocenters. The van der Waals surface area contributed by atoms with Crippen molar-refractivity contribution < 1.29 is 14.6 Å². The standard InChI is InChI=1S/C33H39ClN4O3/c1-4-35-32(39)38(20-23-9-12-25(34)13-10-23)26-15-18-37(21-26)17-6-8-27-28-7-5-16-36-30(28)22-41-31-14-11-24(19-29(27)31)33(2,3)40/h5,7-14,16,19,26,40H,4,6,15,17-18,20-22H2,1-3H3,(H,35,39). The molecule has 0 radical (unpaired) electrons. The Kier molecular flexibility index (Phi) is 8.97. The summed E-state index contributed by atoms with van der Waals surface area (Å²) in [5.74, 6) is 0.795. The number of nitrogens with one attached hydrogen (secondary N) is 1. The Morgan fingerprint density at radius 1 is 1.22 bits per heavy atom. The molecule has 1 fully saturated rings. The number of halogens is 1. The number of amides is 2. The fourth-order valence-corrected chi connectivity index (χ4v) is 5.75. The molecule has 0 spiro atoms. The Bertz CT molecular complexity index is 1400. The molecule has 3 heterocycles. The maximum absolute atomic E-state index is 13.0. The predicted molar refractivity (Wildman–Crippen MR) is 163 cm³/mol. The number of aromatic nitrogens is 1. The highest BCUT2D eigenvalue weighted by Gasteiger charge is 2.31. The van der Waals surface area contributed by atoms with Gasteiger partial charge in [-0.1, -0.05) is 41.9 Å². The molecule has 1 unspecified atom stereocenters. The lowest BCUT2D eigenvalue weighted by atomic mass is 9.90. The molecular weight excluding hydrogens is 536 g/mol. The Labute approximate surface area is 247 Å². The summed E-state index contributed by atoms with van der Waals surface area (Å²) in [6.45, 7) is 9.73. The number of benzene rings is 2. The van der Waals surface area contributed by atoms with E-state index < -0.39 is 5.60 Å². The summed E-state index contributed by atoms with van der Waals surface area (Å²) in [5, 5.41) is 14.4. The van der Waals surface area contributed by atoms with Gasteiger partial charge in [0, 0.05) is 61.1 Å². The fraction of sp³-hybridized carbons (Fsp3) is 0.394. The van der Waals surface area contributed by atoms with Crippen LogP contribution in [0.4, 0.5) is 4.79 Å². The van der Waals surface area contributed by atoms with Gasteiger partial charge in [-0.25, -0.2) is 4.79 Å². The van der Waals surface area contributed by atoms with E-state index in [1.54, 1.807) is 20.0 Å². The first kappa shape index (κ1) is 29.1. The van der Waals surface area contributed by atoms with Crippen molar-refractivity contribution in [2.24, 2.45) is 0 Å². The van der Waals surface area contributed by atoms with Gasteiger partial charge in [-0.15, -0.1) is 0 Å². The minimum Gasteiger partial charge on any atom is -0.487 e. The SMILES string of the molecule is CCNC(=O)N(Cc1ccc(Cl)cc1)C1CCN(CCC=C2c3cc(C(C)(C)O)ccc3OCc3ncccc32)C1. The van der Waals surface area contributed by atoms with Crippen molar-refractivity contribution in [3.05, 3.63) is 99.8 Å². The number of hydrogen-bond donors (Lipinski definition) is 2. The molecule has 41 heavy (non-hydrogen) atoms. The van der Waals surface area contributed by atoms with Crippen LogP contribution in [0, 0.1) is 0 Å². The third-order valence-corrected chi connectivity index (χ3v) is 8.11. The summed E-state index contributed by atoms with van der Waals surface area (Å²) in [5.41, 5.74) is 4.96. The van der Waals surface area contributed by atoms with Crippen molar-refractivity contribution >= 4 is 23.2 Å². The summed E-state index contributed by atoms with van der Waals surface area (Å²) >= 11 is 6.08. The van der Waals surface area contributed by atoms with Gasteiger partial charge in [0.2, 0.25) is 0 Å². The Morgan fingerprint density at radius 3 is 2.78 bits per heavy atom. The van der Waals surface area contributed by atoms with Crippen LogP contribution in [0.5, 0.6) is 5.75 Å². The number of carbonyl (C=O) groups is 1. The number of ether oxygens (including phenoxy) is 1. The van der Waals surface area contributed by atoms with Crippen molar-refractivity contribution in [3.63, 3.8) is 0 Å². The summed E-state index contributed by atoms with van der Waals surface area (Å²) in [6.07, 6.45) is 5.83. The molecule has 0 aliphatic carbocycles. The quantitative estimate of drug-likeness (QED) is 0.346. The highest BCUT2D eigenvalue weighted by molar-refractivity contribution is 6.30. The van der Waals surface area contributed by atoms with Crippen molar-refractivity contribution in [1.29, 1.82) is 0 Å². The van der Waals surface area contributed by atoms with Gasteiger partial charge < -0.3 is 25.0 Å². The van der Waals surface area contributed by atoms with Crippen LogP contribution in [-0.4, -0.2) is 58.1 Å². The number of aliphatic hydroxyl groups is 1. The third kappa shape index (κ3) is 6.92. The number of carbonyl (C=O) groups excluding carboxylic acids is 1. The van der Waals surface area contributed by atoms with Crippen LogP contribution >= 0.6 is 11.6 Å². The van der Waals surface area contributed by atoms with Gasteiger partial charge in [0.25, 0.3) is 0 Å². The van der Waals surface area contributed by atoms with Crippen LogP contribution in [0.3, 0.4) is 0 Å². The summed E-state index contributed by atoms with van der Waals surface area (Å²) in [6, 6.07) is 17.8. The van der Waals surface area contributed by atoms with Gasteiger partial charge in [0.15, 0.2) is 0 Å². The van der Waals surface area contributed by atoms with E-state index in [-0.39, 0.29) is 12.1 Å². The van der Waals surface area contributed by atoms with E-state index in [9.17, 15) is 9.90 Å². The number of nitrogens with zero attached hydrogens (tertiary/aromatic N) is 3. The van der Waals surface area contributed by atoms with Crippen molar-refractivity contribution in [1.82, 2.24) is 20.1 Å². The molecule has 2 amide bonds. The molecule has 216 valence electrons. The second kappa shape index (κ2) is 12.6. The Morgan fingerprint density at radius 2 is 2.02 bits per heavy atom. The van der Waals surface area contributed by atoms with E-state index in [0.29, 0.717) is 24.7 Å². The zero-order valence-electron chi connectivity index (χ0n) is 24.1. The van der Waals surface area contributed by atoms with Gasteiger partial charge >= 0.3 is 6.03 Å². The summed E-state index contributed by atoms with van der Waals surface area (Å²) in [4.78, 5) is 22.0. The van der Waals surface area contributed by atoms with Gasteiger partial charge in [-0.05, 0) is 80.6 Å². The number of hydrogen-bond acceptors (Lipinski definition) is 5. The number of urea groups is 1. The number of fused-ring (bicyclic) bond motifs is 2. The van der Waals surface area contributed by atoms with Crippen molar-refractivity contribution in [2.45, 2.75) is 58.4 Å². The number of likely N-dealkylation sites (tertiary alicyclic amines) is 1. The molecule has 2 aliphatic heterocycles. The topological polar surface area (TPSA) is 77.9 Å². The lowest BCUT2D eigenvalue weighted by molar-refractivity contribution is 0.0785. The first-order valence-corrected chi connectivity index (χ1v) is 14.8. The molecule has 7 nitrogen and oxygen atoms in total. The Balaban J connectivity index is 1.33. The van der Waals surface area contributed by atoms with Crippen LogP contribution in [0.1, 0.15) is 61.6 Å². The first-order chi connectivity index (χ1) is 19.7. The van der Waals surface area contributed by atoms with Crippen LogP contribution < -0.4 is 10.1 Å². The van der Waals surface area contributed by atoms with E-state index in [1.165, 1.54) is 0 Å². The molecule has 2 aromatic carbocycles. The van der Waals surface area contributed by atoms with Crippen LogP contribution in [-0.2, 0) is 18.8 Å². The smallest absolute Gasteiger partial charge is 0.317 e. The predicted octanol–water partition coefficient (Wildman–Crippen LogP) is 5.98. The average Bonchev–Trinajstić information content (AvgIpc) is 3.36.